The van der Waals surface area contributed by atoms with Crippen molar-refractivity contribution in [3.05, 3.63) is 60.0 Å². The van der Waals surface area contributed by atoms with Crippen LogP contribution in [0, 0.1) is 5.82 Å². The van der Waals surface area contributed by atoms with E-state index in [4.69, 9.17) is 14.5 Å². The average Bonchev–Trinajstić information content (AvgIpc) is 3.31. The molecule has 0 atom stereocenters. The van der Waals surface area contributed by atoms with Crippen molar-refractivity contribution in [2.45, 2.75) is 51.8 Å². The lowest BCUT2D eigenvalue weighted by atomic mass is 10.0. The van der Waals surface area contributed by atoms with Gasteiger partial charge in [-0.2, -0.15) is 0 Å². The van der Waals surface area contributed by atoms with Crippen LogP contribution in [0.15, 0.2) is 48.7 Å². The first-order valence-electron chi connectivity index (χ1n) is 12.9. The van der Waals surface area contributed by atoms with E-state index in [-0.39, 0.29) is 24.2 Å². The number of nitrogens with one attached hydrogen (secondary N) is 1. The Balaban J connectivity index is 1.52. The quantitative estimate of drug-likeness (QED) is 0.435. The van der Waals surface area contributed by atoms with Crippen LogP contribution in [0.5, 0.6) is 5.75 Å². The number of imidazole rings is 1. The van der Waals surface area contributed by atoms with E-state index in [0.29, 0.717) is 17.5 Å². The second-order valence-electron chi connectivity index (χ2n) is 9.87. The number of aromatic nitrogens is 2. The van der Waals surface area contributed by atoms with E-state index < -0.39 is 5.82 Å². The van der Waals surface area contributed by atoms with Crippen molar-refractivity contribution < 1.29 is 18.7 Å². The molecule has 1 aliphatic rings. The molecule has 0 unspecified atom stereocenters. The van der Waals surface area contributed by atoms with Crippen molar-refractivity contribution in [1.82, 2.24) is 19.8 Å². The van der Waals surface area contributed by atoms with Crippen LogP contribution in [0.25, 0.3) is 22.6 Å². The van der Waals surface area contributed by atoms with E-state index in [2.05, 4.69) is 34.5 Å². The molecule has 0 radical (unpaired) electrons. The predicted octanol–water partition coefficient (Wildman–Crippen LogP) is 4.54. The summed E-state index contributed by atoms with van der Waals surface area (Å²) in [6.45, 7) is 7.15. The third-order valence-electron chi connectivity index (χ3n) is 6.78. The summed E-state index contributed by atoms with van der Waals surface area (Å²) in [6, 6.07) is 13.1. The van der Waals surface area contributed by atoms with E-state index in [1.165, 1.54) is 18.7 Å². The predicted molar refractivity (Wildman–Crippen MR) is 143 cm³/mol. The summed E-state index contributed by atoms with van der Waals surface area (Å²) in [4.78, 5) is 19.9. The van der Waals surface area contributed by atoms with Crippen molar-refractivity contribution in [2.75, 3.05) is 33.9 Å². The van der Waals surface area contributed by atoms with Gasteiger partial charge in [0.05, 0.1) is 18.9 Å². The molecular weight excluding hydrogens is 471 g/mol. The largest absolute Gasteiger partial charge is 0.494 e. The lowest BCUT2D eigenvalue weighted by Gasteiger charge is -2.31. The molecule has 1 aromatic heterocycles. The van der Waals surface area contributed by atoms with Gasteiger partial charge in [0.25, 0.3) is 0 Å². The normalized spacial score (nSPS) is 14.8. The number of amides is 1. The van der Waals surface area contributed by atoms with E-state index in [0.717, 1.165) is 50.2 Å². The molecular formula is C29H37FN4O3. The Hall–Kier alpha value is -3.23. The number of methoxy groups -OCH3 is 2. The van der Waals surface area contributed by atoms with Gasteiger partial charge < -0.3 is 24.3 Å². The van der Waals surface area contributed by atoms with Gasteiger partial charge in [-0.05, 0) is 56.9 Å². The summed E-state index contributed by atoms with van der Waals surface area (Å²) in [5, 5.41) is 2.92. The molecule has 0 aliphatic carbocycles. The maximum atomic E-state index is 14.0. The van der Waals surface area contributed by atoms with Crippen molar-refractivity contribution in [3.63, 3.8) is 0 Å². The average molecular weight is 509 g/mol. The van der Waals surface area contributed by atoms with Gasteiger partial charge in [-0.1, -0.05) is 24.3 Å². The molecule has 0 spiro atoms. The monoisotopic (exact) mass is 508 g/mol. The number of carbonyl (C=O) groups is 1. The zero-order chi connectivity index (χ0) is 26.4. The third kappa shape index (κ3) is 6.96. The minimum Gasteiger partial charge on any atom is -0.494 e. The second kappa shape index (κ2) is 12.3. The maximum Gasteiger partial charge on any atom is 0.240 e. The summed E-state index contributed by atoms with van der Waals surface area (Å²) in [7, 11) is 3.23. The van der Waals surface area contributed by atoms with Crippen LogP contribution in [-0.4, -0.2) is 66.4 Å². The molecule has 7 nitrogen and oxygen atoms in total. The number of halogens is 1. The Labute approximate surface area is 218 Å². The highest BCUT2D eigenvalue weighted by atomic mass is 19.1. The minimum absolute atomic E-state index is 0.0312. The van der Waals surface area contributed by atoms with E-state index >= 15 is 0 Å². The van der Waals surface area contributed by atoms with Crippen LogP contribution < -0.4 is 10.1 Å². The van der Waals surface area contributed by atoms with Gasteiger partial charge in [-0.3, -0.25) is 4.79 Å². The Morgan fingerprint density at radius 3 is 2.46 bits per heavy atom. The highest BCUT2D eigenvalue weighted by molar-refractivity contribution is 5.77. The molecule has 1 N–H and O–H groups in total. The number of carbonyl (C=O) groups excluding carboxylic acids is 1. The van der Waals surface area contributed by atoms with Gasteiger partial charge in [-0.25, -0.2) is 9.37 Å². The summed E-state index contributed by atoms with van der Waals surface area (Å²) < 4.78 is 26.5. The van der Waals surface area contributed by atoms with Crippen LogP contribution in [0.2, 0.25) is 0 Å². The fourth-order valence-electron chi connectivity index (χ4n) is 4.73. The van der Waals surface area contributed by atoms with Crippen molar-refractivity contribution in [3.8, 4) is 28.4 Å². The highest BCUT2D eigenvalue weighted by Crippen LogP contribution is 2.29. The second-order valence-corrected chi connectivity index (χ2v) is 9.87. The Morgan fingerprint density at radius 1 is 1.11 bits per heavy atom. The van der Waals surface area contributed by atoms with Crippen LogP contribution in [0.1, 0.15) is 32.3 Å². The van der Waals surface area contributed by atoms with Gasteiger partial charge in [-0.15, -0.1) is 0 Å². The third-order valence-corrected chi connectivity index (χ3v) is 6.78. The highest BCUT2D eigenvalue weighted by Gasteiger charge is 2.19. The molecule has 4 rings (SSSR count). The number of rotatable bonds is 10. The summed E-state index contributed by atoms with van der Waals surface area (Å²) in [5.74, 6) is 0.159. The molecule has 198 valence electrons. The molecule has 1 saturated heterocycles. The lowest BCUT2D eigenvalue weighted by Crippen LogP contribution is -2.37. The molecule has 37 heavy (non-hydrogen) atoms. The summed E-state index contributed by atoms with van der Waals surface area (Å²) >= 11 is 0. The van der Waals surface area contributed by atoms with Crippen molar-refractivity contribution in [2.24, 2.45) is 0 Å². The molecule has 1 fully saturated rings. The zero-order valence-electron chi connectivity index (χ0n) is 22.2. The van der Waals surface area contributed by atoms with Crippen LogP contribution in [0.4, 0.5) is 4.39 Å². The zero-order valence-corrected chi connectivity index (χ0v) is 22.2. The first-order valence-corrected chi connectivity index (χ1v) is 12.9. The number of likely N-dealkylation sites (tertiary alicyclic amines) is 1. The number of hydrogen-bond donors (Lipinski definition) is 1. The van der Waals surface area contributed by atoms with Crippen molar-refractivity contribution >= 4 is 5.91 Å². The number of benzene rings is 2. The molecule has 3 aromatic rings. The fourth-order valence-corrected chi connectivity index (χ4v) is 4.73. The Morgan fingerprint density at radius 2 is 1.81 bits per heavy atom. The summed E-state index contributed by atoms with van der Waals surface area (Å²) in [6.07, 6.45) is 5.45. The number of nitrogens with zero attached hydrogens (tertiary/aromatic N) is 3. The molecule has 0 bridgehead atoms. The molecule has 8 heteroatoms. The molecule has 1 amide bonds. The van der Waals surface area contributed by atoms with E-state index in [1.54, 1.807) is 23.8 Å². The molecule has 2 heterocycles. The maximum absolute atomic E-state index is 14.0. The van der Waals surface area contributed by atoms with Gasteiger partial charge in [0, 0.05) is 50.1 Å². The molecule has 1 aliphatic heterocycles. The number of ether oxygens (including phenoxy) is 2. The van der Waals surface area contributed by atoms with Gasteiger partial charge >= 0.3 is 0 Å². The first kappa shape index (κ1) is 26.8. The first-order chi connectivity index (χ1) is 17.9. The van der Waals surface area contributed by atoms with Gasteiger partial charge in [0.2, 0.25) is 5.91 Å². The van der Waals surface area contributed by atoms with Crippen LogP contribution in [-0.2, 0) is 22.5 Å². The molecule has 0 saturated carbocycles. The Kier molecular flexibility index (Phi) is 8.95. The van der Waals surface area contributed by atoms with E-state index in [1.807, 2.05) is 20.0 Å². The smallest absolute Gasteiger partial charge is 0.240 e. The van der Waals surface area contributed by atoms with Crippen molar-refractivity contribution in [1.29, 1.82) is 0 Å². The minimum atomic E-state index is -0.444. The van der Waals surface area contributed by atoms with E-state index in [9.17, 15) is 9.18 Å². The standard InChI is InChI=1S/C29H37FN4O3/c1-20(2)31-28(35)19-34-18-26(32-29(34)23-9-10-25(30)27(17-23)37-4)22-7-5-21(6-8-22)11-14-33-15-12-24(36-3)13-16-33/h5-10,17-18,20,24H,11-16,19H2,1-4H3,(H,31,35). The molecule has 2 aromatic carbocycles. The lowest BCUT2D eigenvalue weighted by molar-refractivity contribution is -0.122. The van der Waals surface area contributed by atoms with Gasteiger partial charge in [0.1, 0.15) is 12.4 Å². The van der Waals surface area contributed by atoms with Crippen LogP contribution in [0.3, 0.4) is 0 Å². The van der Waals surface area contributed by atoms with Crippen LogP contribution >= 0.6 is 0 Å². The topological polar surface area (TPSA) is 68.6 Å². The Bertz CT molecular complexity index is 1180. The van der Waals surface area contributed by atoms with Gasteiger partial charge in [0.15, 0.2) is 11.6 Å². The fraction of sp³-hybridized carbons (Fsp3) is 0.448. The SMILES string of the molecule is COc1cc(-c2nc(-c3ccc(CCN4CCC(OC)CC4)cc3)cn2CC(=O)NC(C)C)ccc1F. The number of hydrogen-bond acceptors (Lipinski definition) is 5. The summed E-state index contributed by atoms with van der Waals surface area (Å²) in [5.41, 5.74) is 3.67. The number of piperidine rings is 1.